The Morgan fingerprint density at radius 2 is 1.68 bits per heavy atom. The second-order valence-corrected chi connectivity index (χ2v) is 8.38. The van der Waals surface area contributed by atoms with Gasteiger partial charge in [0.05, 0.1) is 6.04 Å². The molecule has 0 aliphatic carbocycles. The van der Waals surface area contributed by atoms with Crippen LogP contribution in [-0.4, -0.2) is 94.1 Å². The van der Waals surface area contributed by atoms with Gasteiger partial charge < -0.3 is 15.3 Å². The van der Waals surface area contributed by atoms with E-state index in [0.29, 0.717) is 32.5 Å². The number of hydrogen-bond acceptors (Lipinski definition) is 7. The Morgan fingerprint density at radius 1 is 1.03 bits per heavy atom. The molecule has 11 heteroatoms. The highest BCUT2D eigenvalue weighted by atomic mass is 16.3. The van der Waals surface area contributed by atoms with Gasteiger partial charge in [-0.05, 0) is 25.7 Å². The van der Waals surface area contributed by atoms with Crippen LogP contribution in [0.3, 0.4) is 0 Å². The molecule has 2 heterocycles. The van der Waals surface area contributed by atoms with Crippen molar-refractivity contribution in [3.8, 4) is 0 Å². The van der Waals surface area contributed by atoms with Gasteiger partial charge in [0.15, 0.2) is 0 Å². The predicted octanol–water partition coefficient (Wildman–Crippen LogP) is -0.273. The molecule has 2 N–H and O–H groups in total. The molecular formula is C23H34N4O7. The van der Waals surface area contributed by atoms with Crippen LogP contribution in [0.15, 0.2) is 12.2 Å². The van der Waals surface area contributed by atoms with Gasteiger partial charge in [0, 0.05) is 70.6 Å². The van der Waals surface area contributed by atoms with E-state index in [2.05, 4.69) is 5.32 Å². The zero-order valence-corrected chi connectivity index (χ0v) is 19.7. The van der Waals surface area contributed by atoms with Gasteiger partial charge in [-0.1, -0.05) is 6.92 Å². The summed E-state index contributed by atoms with van der Waals surface area (Å²) in [5.41, 5.74) is 0. The summed E-state index contributed by atoms with van der Waals surface area (Å²) in [6.07, 6.45) is 4.66. The smallest absolute Gasteiger partial charge is 0.253 e. The number of nitrogens with zero attached hydrogens (tertiary/aromatic N) is 3. The Labute approximate surface area is 199 Å². The lowest BCUT2D eigenvalue weighted by Crippen LogP contribution is -2.48. The molecule has 34 heavy (non-hydrogen) atoms. The van der Waals surface area contributed by atoms with E-state index in [1.165, 1.54) is 0 Å². The van der Waals surface area contributed by atoms with Crippen LogP contribution >= 0.6 is 0 Å². The Morgan fingerprint density at radius 3 is 2.26 bits per heavy atom. The van der Waals surface area contributed by atoms with Crippen LogP contribution in [-0.2, 0) is 28.8 Å². The summed E-state index contributed by atoms with van der Waals surface area (Å²) in [6, 6.07) is -0.782. The first kappa shape index (κ1) is 27.2. The number of imide groups is 2. The van der Waals surface area contributed by atoms with Crippen LogP contribution in [0.5, 0.6) is 0 Å². The molecule has 1 unspecified atom stereocenters. The van der Waals surface area contributed by atoms with E-state index in [9.17, 15) is 28.8 Å². The van der Waals surface area contributed by atoms with Crippen LogP contribution < -0.4 is 5.32 Å². The number of carbonyl (C=O) groups is 6. The van der Waals surface area contributed by atoms with E-state index in [1.807, 2.05) is 6.92 Å². The molecule has 11 nitrogen and oxygen atoms in total. The van der Waals surface area contributed by atoms with Gasteiger partial charge >= 0.3 is 0 Å². The summed E-state index contributed by atoms with van der Waals surface area (Å²) in [4.78, 5) is 76.6. The quantitative estimate of drug-likeness (QED) is 0.243. The molecule has 2 aliphatic heterocycles. The monoisotopic (exact) mass is 478 g/mol. The maximum absolute atomic E-state index is 12.4. The van der Waals surface area contributed by atoms with Crippen LogP contribution in [0.4, 0.5) is 0 Å². The molecular weight excluding hydrogens is 444 g/mol. The molecule has 0 aromatic rings. The summed E-state index contributed by atoms with van der Waals surface area (Å²) < 4.78 is 0. The Bertz CT molecular complexity index is 792. The summed E-state index contributed by atoms with van der Waals surface area (Å²) >= 11 is 0. The first-order chi connectivity index (χ1) is 16.3. The summed E-state index contributed by atoms with van der Waals surface area (Å²) in [6.45, 7) is 3.27. The molecule has 1 fully saturated rings. The van der Waals surface area contributed by atoms with Crippen molar-refractivity contribution < 1.29 is 33.9 Å². The van der Waals surface area contributed by atoms with Gasteiger partial charge in [-0.25, -0.2) is 0 Å². The minimum Gasteiger partial charge on any atom is -0.396 e. The number of likely N-dealkylation sites (tertiary alicyclic amines) is 1. The van der Waals surface area contributed by atoms with Crippen molar-refractivity contribution in [2.75, 3.05) is 32.8 Å². The molecule has 2 aliphatic rings. The van der Waals surface area contributed by atoms with Crippen molar-refractivity contribution in [3.63, 3.8) is 0 Å². The highest BCUT2D eigenvalue weighted by molar-refractivity contribution is 6.13. The average Bonchev–Trinajstić information content (AvgIpc) is 3.31. The molecule has 0 radical (unpaired) electrons. The third kappa shape index (κ3) is 7.75. The minimum atomic E-state index is -0.782. The molecule has 0 aromatic heterocycles. The fourth-order valence-corrected chi connectivity index (χ4v) is 4.01. The number of aliphatic hydroxyl groups is 1. The number of amides is 6. The maximum Gasteiger partial charge on any atom is 0.253 e. The molecule has 1 atom stereocenters. The predicted molar refractivity (Wildman–Crippen MR) is 121 cm³/mol. The lowest BCUT2D eigenvalue weighted by atomic mass is 10.1. The first-order valence-electron chi connectivity index (χ1n) is 11.8. The van der Waals surface area contributed by atoms with Gasteiger partial charge in [-0.15, -0.1) is 0 Å². The van der Waals surface area contributed by atoms with Gasteiger partial charge in [0.1, 0.15) is 0 Å². The van der Waals surface area contributed by atoms with Crippen molar-refractivity contribution in [2.45, 2.75) is 64.3 Å². The first-order valence-corrected chi connectivity index (χ1v) is 11.8. The normalized spacial score (nSPS) is 16.5. The maximum atomic E-state index is 12.4. The molecule has 0 saturated carbocycles. The van der Waals surface area contributed by atoms with Crippen LogP contribution in [0.2, 0.25) is 0 Å². The fraction of sp³-hybridized carbons (Fsp3) is 0.652. The van der Waals surface area contributed by atoms with Gasteiger partial charge in [-0.2, -0.15) is 0 Å². The largest absolute Gasteiger partial charge is 0.396 e. The third-order valence-corrected chi connectivity index (χ3v) is 5.78. The highest BCUT2D eigenvalue weighted by Gasteiger charge is 2.37. The second kappa shape index (κ2) is 13.6. The lowest BCUT2D eigenvalue weighted by molar-refractivity contribution is -0.146. The molecule has 0 aromatic carbocycles. The van der Waals surface area contributed by atoms with E-state index in [4.69, 9.17) is 5.11 Å². The van der Waals surface area contributed by atoms with Crippen molar-refractivity contribution >= 4 is 35.4 Å². The number of nitrogens with one attached hydrogen (secondary N) is 1. The summed E-state index contributed by atoms with van der Waals surface area (Å²) in [7, 11) is 0. The van der Waals surface area contributed by atoms with E-state index in [-0.39, 0.29) is 68.9 Å². The van der Waals surface area contributed by atoms with Gasteiger partial charge in [0.25, 0.3) is 11.8 Å². The van der Waals surface area contributed by atoms with E-state index in [0.717, 1.165) is 28.4 Å². The van der Waals surface area contributed by atoms with Crippen molar-refractivity contribution in [3.05, 3.63) is 12.2 Å². The highest BCUT2D eigenvalue weighted by Crippen LogP contribution is 2.19. The van der Waals surface area contributed by atoms with Crippen LogP contribution in [0.1, 0.15) is 58.3 Å². The van der Waals surface area contributed by atoms with Crippen LogP contribution in [0.25, 0.3) is 0 Å². The molecule has 6 amide bonds. The minimum absolute atomic E-state index is 0.00600. The Balaban J connectivity index is 1.83. The topological polar surface area (TPSA) is 144 Å². The number of hydrogen-bond donors (Lipinski definition) is 2. The second-order valence-electron chi connectivity index (χ2n) is 8.38. The van der Waals surface area contributed by atoms with Crippen molar-refractivity contribution in [2.24, 2.45) is 0 Å². The molecule has 188 valence electrons. The zero-order chi connectivity index (χ0) is 25.1. The molecule has 0 bridgehead atoms. The molecule has 2 rings (SSSR count). The third-order valence-electron chi connectivity index (χ3n) is 5.78. The van der Waals surface area contributed by atoms with Crippen LogP contribution in [0, 0.1) is 0 Å². The summed E-state index contributed by atoms with van der Waals surface area (Å²) in [5.74, 6) is -2.07. The van der Waals surface area contributed by atoms with Gasteiger partial charge in [0.2, 0.25) is 23.6 Å². The Hall–Kier alpha value is -3.08. The Kier molecular flexibility index (Phi) is 10.9. The fourth-order valence-electron chi connectivity index (χ4n) is 4.01. The number of rotatable bonds is 15. The standard InChI is InChI=1S/C23H34N4O7/c1-2-13-25(19(30)5-3-15-28)14-4-12-24-18(29)7-6-17(27-22(33)10-11-23(27)34)16-26-20(31)8-9-21(26)32/h10-11,17,28H,2-9,12-16H2,1H3,(H,24,29). The number of aliphatic hydroxyl groups excluding tert-OH is 1. The number of carbonyl (C=O) groups excluding carboxylic acids is 6. The van der Waals surface area contributed by atoms with E-state index < -0.39 is 17.9 Å². The SMILES string of the molecule is CCCN(CCCNC(=O)CCC(CN1C(=O)CCC1=O)N1C(=O)C=CC1=O)C(=O)CCCO. The van der Waals surface area contributed by atoms with Crippen molar-refractivity contribution in [1.82, 2.24) is 20.0 Å². The average molecular weight is 479 g/mol. The van der Waals surface area contributed by atoms with Crippen molar-refractivity contribution in [1.29, 1.82) is 0 Å². The molecule has 0 spiro atoms. The van der Waals surface area contributed by atoms with E-state index in [1.54, 1.807) is 4.90 Å². The van der Waals surface area contributed by atoms with Gasteiger partial charge in [-0.3, -0.25) is 38.6 Å². The lowest BCUT2D eigenvalue weighted by Gasteiger charge is -2.29. The van der Waals surface area contributed by atoms with E-state index >= 15 is 0 Å². The zero-order valence-electron chi connectivity index (χ0n) is 19.7. The summed E-state index contributed by atoms with van der Waals surface area (Å²) in [5, 5.41) is 11.7. The molecule has 1 saturated heterocycles.